The Morgan fingerprint density at radius 1 is 1.16 bits per heavy atom. The minimum absolute atomic E-state index is 0.367. The fraction of sp³-hybridized carbons (Fsp3) is 0.588. The van der Waals surface area contributed by atoms with Gasteiger partial charge in [-0.1, -0.05) is 12.5 Å². The van der Waals surface area contributed by atoms with Gasteiger partial charge in [-0.05, 0) is 45.7 Å². The number of carboxylic acid groups (broad SMARTS) is 1. The summed E-state index contributed by atoms with van der Waals surface area (Å²) in [5.41, 5.74) is 0.858. The molecule has 1 aromatic carbocycles. The SMILES string of the molecule is CC(C)(C)S(=O)(=O)NCCCCCNc1cccc(OCC(=O)O)c1. The van der Waals surface area contributed by atoms with E-state index in [1.807, 2.05) is 6.07 Å². The fourth-order valence-corrected chi connectivity index (χ4v) is 2.77. The molecule has 0 saturated carbocycles. The molecule has 0 aliphatic carbocycles. The molecule has 0 aliphatic heterocycles. The van der Waals surface area contributed by atoms with Gasteiger partial charge in [-0.2, -0.15) is 0 Å². The fourth-order valence-electron chi connectivity index (χ4n) is 1.92. The zero-order valence-electron chi connectivity index (χ0n) is 15.0. The lowest BCUT2D eigenvalue weighted by Gasteiger charge is -2.19. The van der Waals surface area contributed by atoms with Gasteiger partial charge in [0.25, 0.3) is 0 Å². The highest BCUT2D eigenvalue weighted by atomic mass is 32.2. The van der Waals surface area contributed by atoms with Crippen molar-refractivity contribution in [3.05, 3.63) is 24.3 Å². The van der Waals surface area contributed by atoms with Gasteiger partial charge in [-0.25, -0.2) is 17.9 Å². The van der Waals surface area contributed by atoms with Crippen LogP contribution < -0.4 is 14.8 Å². The molecule has 0 radical (unpaired) electrons. The van der Waals surface area contributed by atoms with Crippen LogP contribution in [0.1, 0.15) is 40.0 Å². The van der Waals surface area contributed by atoms with E-state index in [4.69, 9.17) is 9.84 Å². The molecule has 0 atom stereocenters. The van der Waals surface area contributed by atoms with Crippen LogP contribution in [-0.4, -0.2) is 43.9 Å². The lowest BCUT2D eigenvalue weighted by atomic mass is 10.2. The number of rotatable bonds is 11. The molecule has 8 heteroatoms. The van der Waals surface area contributed by atoms with E-state index in [1.54, 1.807) is 39.0 Å². The summed E-state index contributed by atoms with van der Waals surface area (Å²) in [6.07, 6.45) is 2.57. The summed E-state index contributed by atoms with van der Waals surface area (Å²) in [4.78, 5) is 10.5. The molecule has 0 aromatic heterocycles. The second kappa shape index (κ2) is 9.62. The van der Waals surface area contributed by atoms with Crippen LogP contribution in [0.15, 0.2) is 24.3 Å². The average Bonchev–Trinajstić information content (AvgIpc) is 2.51. The molecule has 1 rings (SSSR count). The van der Waals surface area contributed by atoms with Crippen LogP contribution in [-0.2, 0) is 14.8 Å². The Morgan fingerprint density at radius 2 is 1.84 bits per heavy atom. The van der Waals surface area contributed by atoms with E-state index in [0.717, 1.165) is 31.5 Å². The van der Waals surface area contributed by atoms with E-state index < -0.39 is 20.7 Å². The number of hydrogen-bond donors (Lipinski definition) is 3. The maximum absolute atomic E-state index is 11.9. The highest BCUT2D eigenvalue weighted by Gasteiger charge is 2.27. The highest BCUT2D eigenvalue weighted by molar-refractivity contribution is 7.90. The van der Waals surface area contributed by atoms with E-state index >= 15 is 0 Å². The molecule has 142 valence electrons. The van der Waals surface area contributed by atoms with Crippen molar-refractivity contribution in [3.8, 4) is 5.75 Å². The van der Waals surface area contributed by atoms with Gasteiger partial charge in [0.05, 0.1) is 4.75 Å². The first-order chi connectivity index (χ1) is 11.6. The second-order valence-corrected chi connectivity index (χ2v) is 9.23. The molecule has 0 bridgehead atoms. The molecule has 0 spiro atoms. The maximum atomic E-state index is 11.9. The van der Waals surface area contributed by atoms with Crippen molar-refractivity contribution in [2.24, 2.45) is 0 Å². The molecule has 0 unspecified atom stereocenters. The predicted molar refractivity (Wildman–Crippen MR) is 98.6 cm³/mol. The summed E-state index contributed by atoms with van der Waals surface area (Å²) >= 11 is 0. The van der Waals surface area contributed by atoms with Gasteiger partial charge in [0.15, 0.2) is 6.61 Å². The first-order valence-corrected chi connectivity index (χ1v) is 9.78. The number of hydrogen-bond acceptors (Lipinski definition) is 5. The smallest absolute Gasteiger partial charge is 0.341 e. The van der Waals surface area contributed by atoms with Gasteiger partial charge in [-0.15, -0.1) is 0 Å². The molecular weight excluding hydrogens is 344 g/mol. The number of aliphatic carboxylic acids is 1. The van der Waals surface area contributed by atoms with Crippen molar-refractivity contribution in [2.75, 3.05) is 25.0 Å². The first kappa shape index (κ1) is 21.2. The van der Waals surface area contributed by atoms with E-state index in [-0.39, 0.29) is 6.61 Å². The molecule has 0 heterocycles. The molecule has 7 nitrogen and oxygen atoms in total. The minimum atomic E-state index is -3.27. The zero-order valence-corrected chi connectivity index (χ0v) is 15.9. The molecule has 25 heavy (non-hydrogen) atoms. The first-order valence-electron chi connectivity index (χ1n) is 8.29. The standard InChI is InChI=1S/C17H28N2O5S/c1-17(2,3)25(22,23)19-11-6-4-5-10-18-14-8-7-9-15(12-14)24-13-16(20)21/h7-9,12,18-19H,4-6,10-11,13H2,1-3H3,(H,20,21). The van der Waals surface area contributed by atoms with Crippen LogP contribution in [0.3, 0.4) is 0 Å². The normalized spacial score (nSPS) is 12.0. The van der Waals surface area contributed by atoms with Gasteiger partial charge in [0.1, 0.15) is 5.75 Å². The van der Waals surface area contributed by atoms with Gasteiger partial charge in [0.2, 0.25) is 10.0 Å². The quantitative estimate of drug-likeness (QED) is 0.515. The molecule has 1 aromatic rings. The van der Waals surface area contributed by atoms with E-state index in [2.05, 4.69) is 10.0 Å². The molecule has 0 saturated heterocycles. The Kier molecular flexibility index (Phi) is 8.18. The van der Waals surface area contributed by atoms with E-state index in [0.29, 0.717) is 12.3 Å². The van der Waals surface area contributed by atoms with Crippen LogP contribution in [0.4, 0.5) is 5.69 Å². The molecule has 0 aliphatic rings. The summed E-state index contributed by atoms with van der Waals surface area (Å²) in [6, 6.07) is 7.13. The number of carboxylic acids is 1. The number of ether oxygens (including phenoxy) is 1. The van der Waals surface area contributed by atoms with Crippen LogP contribution in [0, 0.1) is 0 Å². The number of anilines is 1. The largest absolute Gasteiger partial charge is 0.482 e. The number of sulfonamides is 1. The Morgan fingerprint density at radius 3 is 2.48 bits per heavy atom. The third kappa shape index (κ3) is 8.22. The lowest BCUT2D eigenvalue weighted by molar-refractivity contribution is -0.139. The van der Waals surface area contributed by atoms with Crippen LogP contribution in [0.5, 0.6) is 5.75 Å². The van der Waals surface area contributed by atoms with Crippen molar-refractivity contribution in [2.45, 2.75) is 44.8 Å². The van der Waals surface area contributed by atoms with Crippen LogP contribution in [0.25, 0.3) is 0 Å². The highest BCUT2D eigenvalue weighted by Crippen LogP contribution is 2.17. The lowest BCUT2D eigenvalue weighted by Crippen LogP contribution is -2.39. The number of nitrogens with one attached hydrogen (secondary N) is 2. The third-order valence-corrected chi connectivity index (χ3v) is 5.67. The van der Waals surface area contributed by atoms with Crippen molar-refractivity contribution >= 4 is 21.7 Å². The summed E-state index contributed by atoms with van der Waals surface area (Å²) in [5, 5.41) is 11.8. The Bertz CT molecular complexity index is 653. The average molecular weight is 372 g/mol. The molecular formula is C17H28N2O5S. The van der Waals surface area contributed by atoms with Crippen molar-refractivity contribution in [1.82, 2.24) is 4.72 Å². The van der Waals surface area contributed by atoms with Gasteiger partial charge in [-0.3, -0.25) is 0 Å². The minimum Gasteiger partial charge on any atom is -0.482 e. The summed E-state index contributed by atoms with van der Waals surface area (Å²) in [5.74, 6) is -0.510. The summed E-state index contributed by atoms with van der Waals surface area (Å²) < 4.78 is 30.7. The van der Waals surface area contributed by atoms with Crippen molar-refractivity contribution in [1.29, 1.82) is 0 Å². The van der Waals surface area contributed by atoms with Crippen LogP contribution in [0.2, 0.25) is 0 Å². The van der Waals surface area contributed by atoms with Gasteiger partial charge < -0.3 is 15.2 Å². The van der Waals surface area contributed by atoms with Crippen LogP contribution >= 0.6 is 0 Å². The van der Waals surface area contributed by atoms with Crippen molar-refractivity contribution in [3.63, 3.8) is 0 Å². The Balaban J connectivity index is 2.22. The molecule has 0 amide bonds. The van der Waals surface area contributed by atoms with E-state index in [9.17, 15) is 13.2 Å². The number of unbranched alkanes of at least 4 members (excludes halogenated alkanes) is 2. The van der Waals surface area contributed by atoms with Crippen molar-refractivity contribution < 1.29 is 23.1 Å². The third-order valence-electron chi connectivity index (χ3n) is 3.48. The summed E-state index contributed by atoms with van der Waals surface area (Å²) in [6.45, 7) is 5.84. The predicted octanol–water partition coefficient (Wildman–Crippen LogP) is 2.45. The monoisotopic (exact) mass is 372 g/mol. The number of carbonyl (C=O) groups is 1. The maximum Gasteiger partial charge on any atom is 0.341 e. The Hall–Kier alpha value is -1.80. The molecule has 0 fully saturated rings. The van der Waals surface area contributed by atoms with E-state index in [1.165, 1.54) is 0 Å². The molecule has 3 N–H and O–H groups in total. The topological polar surface area (TPSA) is 105 Å². The van der Waals surface area contributed by atoms with Gasteiger partial charge >= 0.3 is 5.97 Å². The number of benzene rings is 1. The summed E-state index contributed by atoms with van der Waals surface area (Å²) in [7, 11) is -3.27. The zero-order chi connectivity index (χ0) is 18.9. The Labute approximate surface area is 149 Å². The van der Waals surface area contributed by atoms with Gasteiger partial charge in [0, 0.05) is 24.8 Å². The second-order valence-electron chi connectivity index (χ2n) is 6.71.